The van der Waals surface area contributed by atoms with Crippen molar-refractivity contribution in [1.82, 2.24) is 14.8 Å². The molecule has 6 rings (SSSR count). The lowest BCUT2D eigenvalue weighted by Crippen LogP contribution is -2.42. The first-order valence-corrected chi connectivity index (χ1v) is 15.5. The van der Waals surface area contributed by atoms with Gasteiger partial charge < -0.3 is 15.1 Å². The van der Waals surface area contributed by atoms with Crippen LogP contribution in [0.2, 0.25) is 0 Å². The summed E-state index contributed by atoms with van der Waals surface area (Å²) in [4.78, 5) is 23.2. The topological polar surface area (TPSA) is 48.5 Å². The highest BCUT2D eigenvalue weighted by Gasteiger charge is 2.33. The van der Waals surface area contributed by atoms with E-state index < -0.39 is 23.5 Å². The summed E-state index contributed by atoms with van der Waals surface area (Å²) in [7, 11) is 0. The number of fused-ring (bicyclic) bond motifs is 1. The largest absolute Gasteiger partial charge is 0.416 e. The van der Waals surface area contributed by atoms with Gasteiger partial charge in [-0.25, -0.2) is 4.98 Å². The zero-order chi connectivity index (χ0) is 33.2. The Hall–Kier alpha value is -4.56. The zero-order valence-corrected chi connectivity index (χ0v) is 25.4. The van der Waals surface area contributed by atoms with E-state index in [9.17, 15) is 31.1 Å². The summed E-state index contributed by atoms with van der Waals surface area (Å²) in [6.45, 7) is 3.64. The van der Waals surface area contributed by atoms with E-state index in [4.69, 9.17) is 0 Å². The van der Waals surface area contributed by atoms with Crippen LogP contribution in [0.5, 0.6) is 0 Å². The number of nitrogens with zero attached hydrogens (tertiary/aromatic N) is 3. The van der Waals surface area contributed by atoms with Crippen molar-refractivity contribution in [2.45, 2.75) is 50.6 Å². The molecule has 0 saturated carbocycles. The Balaban J connectivity index is 1.32. The number of nitrogens with one attached hydrogen (secondary N) is 1. The Labute approximate surface area is 268 Å². The van der Waals surface area contributed by atoms with E-state index in [-0.39, 0.29) is 24.1 Å². The van der Waals surface area contributed by atoms with Crippen molar-refractivity contribution in [1.29, 1.82) is 0 Å². The number of amides is 1. The van der Waals surface area contributed by atoms with Gasteiger partial charge in [-0.1, -0.05) is 30.0 Å². The second-order valence-electron chi connectivity index (χ2n) is 12.0. The van der Waals surface area contributed by atoms with Gasteiger partial charge in [0.05, 0.1) is 22.2 Å². The molecule has 1 aromatic heterocycles. The molecule has 2 saturated heterocycles. The van der Waals surface area contributed by atoms with Gasteiger partial charge in [0.15, 0.2) is 0 Å². The molecule has 5 nitrogen and oxygen atoms in total. The van der Waals surface area contributed by atoms with Crippen molar-refractivity contribution >= 4 is 22.6 Å². The van der Waals surface area contributed by atoms with Gasteiger partial charge >= 0.3 is 12.4 Å². The van der Waals surface area contributed by atoms with Crippen molar-refractivity contribution in [3.05, 3.63) is 106 Å². The molecule has 3 aromatic carbocycles. The number of likely N-dealkylation sites (tertiary alicyclic amines) is 2. The van der Waals surface area contributed by atoms with E-state index >= 15 is 0 Å². The molecular formula is C36H32F6N4O. The van der Waals surface area contributed by atoms with Gasteiger partial charge in [0.2, 0.25) is 0 Å². The minimum Gasteiger partial charge on any atom is -0.366 e. The SMILES string of the molecule is O=C(c1cc(NCc2ccc(C(F)(F)F)cc2)nc2ccc(C#Cc3cccc(C(F)(F)F)c3)cc12)N1CCC[C@H]1CN1CCCC1. The number of aromatic nitrogens is 1. The van der Waals surface area contributed by atoms with E-state index in [1.54, 1.807) is 24.3 Å². The molecule has 0 unspecified atom stereocenters. The van der Waals surface area contributed by atoms with Gasteiger partial charge in [0.25, 0.3) is 5.91 Å². The molecule has 0 bridgehead atoms. The molecule has 3 heterocycles. The molecule has 2 fully saturated rings. The van der Waals surface area contributed by atoms with E-state index in [0.717, 1.165) is 69.6 Å². The maximum absolute atomic E-state index is 14.2. The number of halogens is 6. The number of alkyl halides is 6. The molecule has 0 radical (unpaired) electrons. The first-order valence-electron chi connectivity index (χ1n) is 15.5. The fourth-order valence-electron chi connectivity index (χ4n) is 6.20. The number of hydrogen-bond acceptors (Lipinski definition) is 4. The minimum absolute atomic E-state index is 0.0660. The molecule has 1 amide bonds. The smallest absolute Gasteiger partial charge is 0.366 e. The second kappa shape index (κ2) is 13.3. The van der Waals surface area contributed by atoms with Gasteiger partial charge in [-0.15, -0.1) is 0 Å². The number of carbonyl (C=O) groups excluding carboxylic acids is 1. The normalized spacial score (nSPS) is 17.1. The maximum Gasteiger partial charge on any atom is 0.416 e. The summed E-state index contributed by atoms with van der Waals surface area (Å²) in [6.07, 6.45) is -4.83. The minimum atomic E-state index is -4.48. The third kappa shape index (κ3) is 7.71. The van der Waals surface area contributed by atoms with E-state index in [2.05, 4.69) is 27.0 Å². The standard InChI is InChI=1S/C36H32F6N4O/c37-35(38,39)27-13-10-26(11-14-27)22-43-33-21-31(34(47)46-18-4-7-29(46)23-45-16-1-2-17-45)30-20-25(12-15-32(30)44-33)9-8-24-5-3-6-28(19-24)36(40,41)42/h3,5-6,10-15,19-21,29H,1-2,4,7,16-18,22-23H2,(H,43,44)/t29-/m0/s1. The predicted octanol–water partition coefficient (Wildman–Crippen LogP) is 7.98. The van der Waals surface area contributed by atoms with Crippen LogP contribution in [-0.4, -0.2) is 52.9 Å². The molecule has 1 atom stereocenters. The second-order valence-corrected chi connectivity index (χ2v) is 12.0. The molecule has 1 N–H and O–H groups in total. The van der Waals surface area contributed by atoms with Gasteiger partial charge in [0.1, 0.15) is 5.82 Å². The molecule has 2 aliphatic heterocycles. The highest BCUT2D eigenvalue weighted by atomic mass is 19.4. The fourth-order valence-corrected chi connectivity index (χ4v) is 6.20. The molecule has 0 aliphatic carbocycles. The molecule has 4 aromatic rings. The highest BCUT2D eigenvalue weighted by molar-refractivity contribution is 6.07. The third-order valence-corrected chi connectivity index (χ3v) is 8.64. The number of hydrogen-bond donors (Lipinski definition) is 1. The van der Waals surface area contributed by atoms with E-state index in [1.165, 1.54) is 24.3 Å². The highest BCUT2D eigenvalue weighted by Crippen LogP contribution is 2.31. The number of rotatable bonds is 6. The Bertz CT molecular complexity index is 1820. The van der Waals surface area contributed by atoms with Gasteiger partial charge in [-0.05, 0) is 98.9 Å². The molecule has 47 heavy (non-hydrogen) atoms. The van der Waals surface area contributed by atoms with Crippen molar-refractivity contribution < 1.29 is 31.1 Å². The van der Waals surface area contributed by atoms with Crippen LogP contribution in [0.1, 0.15) is 63.9 Å². The Morgan fingerprint density at radius 2 is 1.51 bits per heavy atom. The van der Waals surface area contributed by atoms with E-state index in [1.807, 2.05) is 4.90 Å². The first kappa shape index (κ1) is 32.4. The van der Waals surface area contributed by atoms with Crippen LogP contribution >= 0.6 is 0 Å². The Morgan fingerprint density at radius 3 is 2.21 bits per heavy atom. The lowest BCUT2D eigenvalue weighted by Gasteiger charge is -2.29. The van der Waals surface area contributed by atoms with Crippen LogP contribution in [0.15, 0.2) is 72.8 Å². The van der Waals surface area contributed by atoms with Crippen molar-refractivity contribution in [3.8, 4) is 11.8 Å². The molecule has 0 spiro atoms. The molecule has 244 valence electrons. The number of carbonyl (C=O) groups is 1. The van der Waals surface area contributed by atoms with Crippen LogP contribution in [0.4, 0.5) is 32.2 Å². The number of pyridine rings is 1. The lowest BCUT2D eigenvalue weighted by molar-refractivity contribution is -0.138. The number of benzene rings is 3. The quantitative estimate of drug-likeness (QED) is 0.170. The molecular weight excluding hydrogens is 618 g/mol. The van der Waals surface area contributed by atoms with Crippen LogP contribution in [0.3, 0.4) is 0 Å². The fraction of sp³-hybridized carbons (Fsp3) is 0.333. The van der Waals surface area contributed by atoms with Crippen molar-refractivity contribution in [2.75, 3.05) is 31.5 Å². The van der Waals surface area contributed by atoms with E-state index in [0.29, 0.717) is 40.0 Å². The summed E-state index contributed by atoms with van der Waals surface area (Å²) >= 11 is 0. The van der Waals surface area contributed by atoms with Gasteiger partial charge in [-0.2, -0.15) is 26.3 Å². The van der Waals surface area contributed by atoms with Gasteiger partial charge in [-0.3, -0.25) is 4.79 Å². The first-order chi connectivity index (χ1) is 22.4. The monoisotopic (exact) mass is 650 g/mol. The van der Waals surface area contributed by atoms with Crippen LogP contribution in [0, 0.1) is 11.8 Å². The summed E-state index contributed by atoms with van der Waals surface area (Å²) in [5, 5.41) is 3.71. The summed E-state index contributed by atoms with van der Waals surface area (Å²) in [5.41, 5.74) is 0.708. The zero-order valence-electron chi connectivity index (χ0n) is 25.4. The van der Waals surface area contributed by atoms with Crippen LogP contribution in [-0.2, 0) is 18.9 Å². The average Bonchev–Trinajstić information content (AvgIpc) is 3.74. The lowest BCUT2D eigenvalue weighted by atomic mass is 10.0. The summed E-state index contributed by atoms with van der Waals surface area (Å²) in [6, 6.07) is 16.5. The number of anilines is 1. The molecule has 2 aliphatic rings. The average molecular weight is 651 g/mol. The Kier molecular flexibility index (Phi) is 9.15. The van der Waals surface area contributed by atoms with Crippen molar-refractivity contribution in [3.63, 3.8) is 0 Å². The van der Waals surface area contributed by atoms with Gasteiger partial charge in [0, 0.05) is 42.2 Å². The summed E-state index contributed by atoms with van der Waals surface area (Å²) < 4.78 is 78.6. The Morgan fingerprint density at radius 1 is 0.809 bits per heavy atom. The summed E-state index contributed by atoms with van der Waals surface area (Å²) in [5.74, 6) is 5.96. The van der Waals surface area contributed by atoms with Crippen LogP contribution < -0.4 is 5.32 Å². The maximum atomic E-state index is 14.2. The molecule has 11 heteroatoms. The van der Waals surface area contributed by atoms with Crippen LogP contribution in [0.25, 0.3) is 10.9 Å². The van der Waals surface area contributed by atoms with Crippen molar-refractivity contribution in [2.24, 2.45) is 0 Å². The predicted molar refractivity (Wildman–Crippen MR) is 168 cm³/mol. The third-order valence-electron chi connectivity index (χ3n) is 8.64.